The molecule has 1 aromatic rings. The van der Waals surface area contributed by atoms with Gasteiger partial charge in [-0.15, -0.1) is 0 Å². The van der Waals surface area contributed by atoms with E-state index in [0.717, 1.165) is 17.7 Å². The van der Waals surface area contributed by atoms with Gasteiger partial charge in [-0.25, -0.2) is 0 Å². The van der Waals surface area contributed by atoms with E-state index in [1.807, 2.05) is 0 Å². The molecule has 2 atom stereocenters. The predicted octanol–water partition coefficient (Wildman–Crippen LogP) is 9.11. The molecule has 0 bridgehead atoms. The lowest BCUT2D eigenvalue weighted by atomic mass is 9.99. The van der Waals surface area contributed by atoms with Crippen LogP contribution in [-0.2, 0) is 0 Å². The Morgan fingerprint density at radius 2 is 1.52 bits per heavy atom. The summed E-state index contributed by atoms with van der Waals surface area (Å²) in [5.41, 5.74) is 14.5. The summed E-state index contributed by atoms with van der Waals surface area (Å²) in [6.07, 6.45) is 24.6. The molecule has 0 amide bonds. The highest BCUT2D eigenvalue weighted by Gasteiger charge is 2.38. The molecule has 1 aromatic carbocycles. The Morgan fingerprint density at radius 3 is 2.12 bits per heavy atom. The molecule has 0 saturated heterocycles. The van der Waals surface area contributed by atoms with Crippen molar-refractivity contribution in [3.63, 3.8) is 0 Å². The SMILES string of the molecule is C[C@H](C1=C=C=C=C1P(C1CCCCC1)C1CCCCC1)P(C1=C[CH]C=CC1)c1ccccc1. The zero-order valence-corrected chi connectivity index (χ0v) is 21.9. The van der Waals surface area contributed by atoms with E-state index in [4.69, 9.17) is 0 Å². The van der Waals surface area contributed by atoms with Gasteiger partial charge < -0.3 is 0 Å². The average Bonchev–Trinajstić information content (AvgIpc) is 3.36. The van der Waals surface area contributed by atoms with Crippen molar-refractivity contribution in [2.45, 2.75) is 94.5 Å². The highest BCUT2D eigenvalue weighted by Crippen LogP contribution is 2.65. The number of benzene rings is 1. The van der Waals surface area contributed by atoms with E-state index in [2.05, 4.69) is 79.1 Å². The van der Waals surface area contributed by atoms with Gasteiger partial charge >= 0.3 is 0 Å². The van der Waals surface area contributed by atoms with Gasteiger partial charge in [-0.2, -0.15) is 0 Å². The van der Waals surface area contributed by atoms with Gasteiger partial charge in [0.2, 0.25) is 0 Å². The van der Waals surface area contributed by atoms with Crippen LogP contribution in [0, 0.1) is 6.42 Å². The first kappa shape index (κ1) is 23.4. The third kappa shape index (κ3) is 5.33. The molecular weight excluding hydrogens is 434 g/mol. The fourth-order valence-electron chi connectivity index (χ4n) is 6.21. The second-order valence-electron chi connectivity index (χ2n) is 9.99. The summed E-state index contributed by atoms with van der Waals surface area (Å²) >= 11 is 0. The predicted molar refractivity (Wildman–Crippen MR) is 147 cm³/mol. The number of hydrogen-bond donors (Lipinski definition) is 0. The molecule has 5 rings (SSSR count). The van der Waals surface area contributed by atoms with E-state index in [1.54, 1.807) is 10.6 Å². The molecule has 2 fully saturated rings. The Bertz CT molecular complexity index is 996. The van der Waals surface area contributed by atoms with Gasteiger partial charge in [-0.05, 0) is 67.7 Å². The lowest BCUT2D eigenvalue weighted by Crippen LogP contribution is -2.23. The van der Waals surface area contributed by atoms with Gasteiger partial charge in [0, 0.05) is 23.0 Å². The van der Waals surface area contributed by atoms with Crippen molar-refractivity contribution in [2.75, 3.05) is 0 Å². The van der Waals surface area contributed by atoms with Crippen molar-refractivity contribution < 1.29 is 0 Å². The first-order valence-electron chi connectivity index (χ1n) is 13.2. The maximum atomic E-state index is 3.71. The van der Waals surface area contributed by atoms with Crippen LogP contribution in [0.1, 0.15) is 77.6 Å². The van der Waals surface area contributed by atoms with Crippen LogP contribution in [0.5, 0.6) is 0 Å². The minimum Gasteiger partial charge on any atom is -0.0835 e. The first-order valence-corrected chi connectivity index (χ1v) is 16.0. The minimum absolute atomic E-state index is 0.168. The summed E-state index contributed by atoms with van der Waals surface area (Å²) < 4.78 is 0. The van der Waals surface area contributed by atoms with Gasteiger partial charge in [0.25, 0.3) is 0 Å². The molecule has 0 heterocycles. The highest BCUT2D eigenvalue weighted by molar-refractivity contribution is 7.71. The Labute approximate surface area is 203 Å². The van der Waals surface area contributed by atoms with Gasteiger partial charge in [0.1, 0.15) is 0 Å². The van der Waals surface area contributed by atoms with Crippen LogP contribution in [0.3, 0.4) is 0 Å². The maximum Gasteiger partial charge on any atom is 0.0391 e. The van der Waals surface area contributed by atoms with Crippen LogP contribution in [0.15, 0.2) is 82.0 Å². The first-order chi connectivity index (χ1) is 16.3. The van der Waals surface area contributed by atoms with Crippen LogP contribution < -0.4 is 5.30 Å². The van der Waals surface area contributed by atoms with E-state index in [9.17, 15) is 0 Å². The van der Waals surface area contributed by atoms with E-state index in [-0.39, 0.29) is 7.92 Å². The van der Waals surface area contributed by atoms with Crippen LogP contribution in [0.4, 0.5) is 0 Å². The molecule has 0 aliphatic heterocycles. The Balaban J connectivity index is 1.47. The smallest absolute Gasteiger partial charge is 0.0391 e. The van der Waals surface area contributed by atoms with Crippen molar-refractivity contribution in [3.05, 3.63) is 88.4 Å². The molecule has 0 spiro atoms. The van der Waals surface area contributed by atoms with E-state index >= 15 is 0 Å². The Kier molecular flexibility index (Phi) is 8.06. The molecule has 1 radical (unpaired) electrons. The van der Waals surface area contributed by atoms with Crippen molar-refractivity contribution in [1.82, 2.24) is 0 Å². The maximum absolute atomic E-state index is 3.71. The molecule has 171 valence electrons. The highest BCUT2D eigenvalue weighted by atomic mass is 31.1. The summed E-state index contributed by atoms with van der Waals surface area (Å²) in [4.78, 5) is 0. The van der Waals surface area contributed by atoms with Gasteiger partial charge in [0.05, 0.1) is 0 Å². The fraction of sp³-hybridized carbons (Fsp3) is 0.484. The van der Waals surface area contributed by atoms with E-state index in [0.29, 0.717) is 5.66 Å². The molecule has 0 N–H and O–H groups in total. The largest absolute Gasteiger partial charge is 0.0835 e. The third-order valence-electron chi connectivity index (χ3n) is 7.84. The molecule has 4 aliphatic carbocycles. The molecular formula is C31H37P2. The molecule has 4 aliphatic rings. The molecule has 2 saturated carbocycles. The quantitative estimate of drug-likeness (QED) is 0.275. The van der Waals surface area contributed by atoms with Gasteiger partial charge in [-0.3, -0.25) is 0 Å². The summed E-state index contributed by atoms with van der Waals surface area (Å²) in [6, 6.07) is 11.3. The molecule has 0 nitrogen and oxygen atoms in total. The molecule has 33 heavy (non-hydrogen) atoms. The van der Waals surface area contributed by atoms with E-state index in [1.165, 1.54) is 75.1 Å². The number of allylic oxidation sites excluding steroid dienone is 6. The normalized spacial score (nSPS) is 23.4. The summed E-state index contributed by atoms with van der Waals surface area (Å²) in [5, 5.41) is 4.65. The van der Waals surface area contributed by atoms with Crippen molar-refractivity contribution in [3.8, 4) is 0 Å². The second-order valence-corrected chi connectivity index (χ2v) is 15.3. The van der Waals surface area contributed by atoms with Crippen molar-refractivity contribution in [1.29, 1.82) is 0 Å². The standard InChI is InChI=1S/C31H37P2/c1-25(32(26-15-6-2-7-16-26)27-17-8-3-9-18-27)30-23-14-24-31(30)33(28-19-10-4-11-20-28)29-21-12-5-13-22-29/h2-3,6-9,15-17,25,28-29H,4-5,10-13,18-22H2,1H3/t25-,32?/m1/s1. The second kappa shape index (κ2) is 11.4. The molecule has 2 heteroatoms. The third-order valence-corrected chi connectivity index (χ3v) is 14.2. The van der Waals surface area contributed by atoms with Crippen LogP contribution >= 0.6 is 15.8 Å². The molecule has 0 aromatic heterocycles. The molecule has 1 unspecified atom stereocenters. The van der Waals surface area contributed by atoms with Crippen LogP contribution in [0.25, 0.3) is 0 Å². The number of rotatable bonds is 7. The minimum atomic E-state index is -0.444. The van der Waals surface area contributed by atoms with Crippen molar-refractivity contribution >= 4 is 21.1 Å². The Morgan fingerprint density at radius 1 is 0.848 bits per heavy atom. The lowest BCUT2D eigenvalue weighted by molar-refractivity contribution is 0.486. The van der Waals surface area contributed by atoms with Gasteiger partial charge in [0.15, 0.2) is 0 Å². The average molecular weight is 472 g/mol. The van der Waals surface area contributed by atoms with E-state index < -0.39 is 7.92 Å². The monoisotopic (exact) mass is 471 g/mol. The lowest BCUT2D eigenvalue weighted by Gasteiger charge is -2.40. The summed E-state index contributed by atoms with van der Waals surface area (Å²) in [5.74, 6) is 0. The van der Waals surface area contributed by atoms with Gasteiger partial charge in [-0.1, -0.05) is 113 Å². The Hall–Kier alpha value is -1.36. The topological polar surface area (TPSA) is 0 Å². The number of hydrogen-bond acceptors (Lipinski definition) is 0. The van der Waals surface area contributed by atoms with Crippen LogP contribution in [0.2, 0.25) is 0 Å². The summed E-state index contributed by atoms with van der Waals surface area (Å²) in [7, 11) is -0.612. The zero-order chi connectivity index (χ0) is 22.5. The summed E-state index contributed by atoms with van der Waals surface area (Å²) in [6.45, 7) is 2.48. The van der Waals surface area contributed by atoms with Crippen LogP contribution in [-0.4, -0.2) is 17.0 Å². The zero-order valence-electron chi connectivity index (χ0n) is 20.1. The fourth-order valence-corrected chi connectivity index (χ4v) is 13.0. The van der Waals surface area contributed by atoms with Crippen molar-refractivity contribution in [2.24, 2.45) is 0 Å².